The molecule has 0 radical (unpaired) electrons. The van der Waals surface area contributed by atoms with Crippen molar-refractivity contribution < 1.29 is 4.79 Å². The van der Waals surface area contributed by atoms with Gasteiger partial charge in [0, 0.05) is 12.5 Å². The summed E-state index contributed by atoms with van der Waals surface area (Å²) in [6.45, 7) is 16.3. The number of hydrogen-bond donors (Lipinski definition) is 1. The third-order valence-corrected chi connectivity index (χ3v) is 2.28. The van der Waals surface area contributed by atoms with E-state index in [0.29, 0.717) is 12.5 Å². The van der Waals surface area contributed by atoms with Crippen LogP contribution in [0, 0.1) is 0 Å². The highest BCUT2D eigenvalue weighted by Gasteiger charge is 2.06. The SMILES string of the molecule is CC.CC.CCCN(C)CCC(C)NC(=O)CC. The second-order valence-corrected chi connectivity index (χ2v) is 3.91. The number of carbonyl (C=O) groups excluding carboxylic acids is 1. The Morgan fingerprint density at radius 1 is 1.11 bits per heavy atom. The van der Waals surface area contributed by atoms with Crippen molar-refractivity contribution in [3.63, 3.8) is 0 Å². The molecule has 1 amide bonds. The smallest absolute Gasteiger partial charge is 0.219 e. The largest absolute Gasteiger partial charge is 0.354 e. The molecule has 1 unspecified atom stereocenters. The Hall–Kier alpha value is -0.570. The second-order valence-electron chi connectivity index (χ2n) is 3.91. The Balaban J connectivity index is -0.000000506. The molecular formula is C15H36N2O. The van der Waals surface area contributed by atoms with E-state index >= 15 is 0 Å². The van der Waals surface area contributed by atoms with Crippen LogP contribution >= 0.6 is 0 Å². The van der Waals surface area contributed by atoms with Gasteiger partial charge in [-0.1, -0.05) is 41.5 Å². The zero-order valence-corrected chi connectivity index (χ0v) is 14.0. The lowest BCUT2D eigenvalue weighted by Gasteiger charge is -2.19. The second kappa shape index (κ2) is 18.8. The van der Waals surface area contributed by atoms with Crippen LogP contribution in [0.25, 0.3) is 0 Å². The molecule has 3 nitrogen and oxygen atoms in total. The van der Waals surface area contributed by atoms with Crippen molar-refractivity contribution in [3.05, 3.63) is 0 Å². The molecule has 0 spiro atoms. The molecule has 0 saturated carbocycles. The van der Waals surface area contributed by atoms with E-state index in [1.165, 1.54) is 6.42 Å². The van der Waals surface area contributed by atoms with Gasteiger partial charge in [-0.2, -0.15) is 0 Å². The fourth-order valence-electron chi connectivity index (χ4n) is 1.36. The van der Waals surface area contributed by atoms with Gasteiger partial charge in [0.2, 0.25) is 5.91 Å². The lowest BCUT2D eigenvalue weighted by Crippen LogP contribution is -2.35. The van der Waals surface area contributed by atoms with Gasteiger partial charge in [0.15, 0.2) is 0 Å². The minimum Gasteiger partial charge on any atom is -0.354 e. The summed E-state index contributed by atoms with van der Waals surface area (Å²) in [7, 11) is 2.12. The Kier molecular flexibility index (Phi) is 23.6. The van der Waals surface area contributed by atoms with E-state index in [0.717, 1.165) is 19.5 Å². The third-order valence-electron chi connectivity index (χ3n) is 2.28. The van der Waals surface area contributed by atoms with Gasteiger partial charge in [-0.25, -0.2) is 0 Å². The molecule has 0 aromatic rings. The first kappa shape index (κ1) is 22.6. The maximum Gasteiger partial charge on any atom is 0.219 e. The van der Waals surface area contributed by atoms with Gasteiger partial charge in [-0.3, -0.25) is 4.79 Å². The van der Waals surface area contributed by atoms with Gasteiger partial charge < -0.3 is 10.2 Å². The molecular weight excluding hydrogens is 224 g/mol. The van der Waals surface area contributed by atoms with E-state index in [1.807, 2.05) is 34.6 Å². The van der Waals surface area contributed by atoms with Crippen LogP contribution in [-0.4, -0.2) is 37.0 Å². The predicted molar refractivity (Wildman–Crippen MR) is 83.0 cm³/mol. The first-order valence-electron chi connectivity index (χ1n) is 7.58. The van der Waals surface area contributed by atoms with Gasteiger partial charge in [0.25, 0.3) is 0 Å². The topological polar surface area (TPSA) is 32.3 Å². The monoisotopic (exact) mass is 260 g/mol. The molecule has 0 aliphatic rings. The maximum atomic E-state index is 11.1. The van der Waals surface area contributed by atoms with E-state index < -0.39 is 0 Å². The van der Waals surface area contributed by atoms with Crippen molar-refractivity contribution in [2.24, 2.45) is 0 Å². The van der Waals surface area contributed by atoms with Crippen LogP contribution in [0.3, 0.4) is 0 Å². The van der Waals surface area contributed by atoms with E-state index in [1.54, 1.807) is 0 Å². The van der Waals surface area contributed by atoms with Gasteiger partial charge in [-0.15, -0.1) is 0 Å². The number of nitrogens with zero attached hydrogens (tertiary/aromatic N) is 1. The Bertz CT molecular complexity index is 161. The molecule has 1 N–H and O–H groups in total. The zero-order valence-electron chi connectivity index (χ0n) is 14.0. The molecule has 0 aliphatic carbocycles. The van der Waals surface area contributed by atoms with Crippen LogP contribution in [0.5, 0.6) is 0 Å². The molecule has 0 aliphatic heterocycles. The van der Waals surface area contributed by atoms with Gasteiger partial charge >= 0.3 is 0 Å². The number of hydrogen-bond acceptors (Lipinski definition) is 2. The van der Waals surface area contributed by atoms with Gasteiger partial charge in [-0.05, 0) is 39.9 Å². The summed E-state index contributed by atoms with van der Waals surface area (Å²) >= 11 is 0. The molecule has 1 atom stereocenters. The summed E-state index contributed by atoms with van der Waals surface area (Å²) in [5.74, 6) is 0.149. The lowest BCUT2D eigenvalue weighted by molar-refractivity contribution is -0.121. The molecule has 18 heavy (non-hydrogen) atoms. The van der Waals surface area contributed by atoms with Crippen molar-refractivity contribution in [1.29, 1.82) is 0 Å². The van der Waals surface area contributed by atoms with E-state index in [2.05, 4.69) is 31.1 Å². The van der Waals surface area contributed by atoms with Gasteiger partial charge in [0.1, 0.15) is 0 Å². The van der Waals surface area contributed by atoms with Crippen molar-refractivity contribution >= 4 is 5.91 Å². The third kappa shape index (κ3) is 17.8. The normalized spacial score (nSPS) is 10.7. The molecule has 0 fully saturated rings. The summed E-state index contributed by atoms with van der Waals surface area (Å²) in [5, 5.41) is 2.96. The maximum absolute atomic E-state index is 11.1. The van der Waals surface area contributed by atoms with Crippen LogP contribution in [0.15, 0.2) is 0 Å². The molecule has 0 heterocycles. The Morgan fingerprint density at radius 3 is 2.00 bits per heavy atom. The van der Waals surface area contributed by atoms with Crippen LogP contribution < -0.4 is 5.32 Å². The molecule has 112 valence electrons. The number of amides is 1. The van der Waals surface area contributed by atoms with Crippen molar-refractivity contribution in [3.8, 4) is 0 Å². The molecule has 0 aromatic heterocycles. The summed E-state index contributed by atoms with van der Waals surface area (Å²) < 4.78 is 0. The van der Waals surface area contributed by atoms with Crippen molar-refractivity contribution in [2.45, 2.75) is 73.8 Å². The van der Waals surface area contributed by atoms with E-state index in [-0.39, 0.29) is 5.91 Å². The quantitative estimate of drug-likeness (QED) is 0.757. The van der Waals surface area contributed by atoms with Gasteiger partial charge in [0.05, 0.1) is 0 Å². The fourth-order valence-corrected chi connectivity index (χ4v) is 1.36. The summed E-state index contributed by atoms with van der Waals surface area (Å²) in [6.07, 6.45) is 2.80. The predicted octanol–water partition coefficient (Wildman–Crippen LogP) is 3.69. The first-order valence-corrected chi connectivity index (χ1v) is 7.58. The van der Waals surface area contributed by atoms with Crippen molar-refractivity contribution in [1.82, 2.24) is 10.2 Å². The minimum absolute atomic E-state index is 0.149. The lowest BCUT2D eigenvalue weighted by atomic mass is 10.2. The summed E-state index contributed by atoms with van der Waals surface area (Å²) in [5.41, 5.74) is 0. The Morgan fingerprint density at radius 2 is 1.61 bits per heavy atom. The summed E-state index contributed by atoms with van der Waals surface area (Å²) in [6, 6.07) is 0.293. The molecule has 0 rings (SSSR count). The average Bonchev–Trinajstić information content (AvgIpc) is 2.41. The number of nitrogens with one attached hydrogen (secondary N) is 1. The van der Waals surface area contributed by atoms with Crippen LogP contribution in [0.1, 0.15) is 67.7 Å². The van der Waals surface area contributed by atoms with Crippen LogP contribution in [0.4, 0.5) is 0 Å². The zero-order chi connectivity index (χ0) is 15.0. The average molecular weight is 260 g/mol. The van der Waals surface area contributed by atoms with Crippen LogP contribution in [-0.2, 0) is 4.79 Å². The van der Waals surface area contributed by atoms with E-state index in [9.17, 15) is 4.79 Å². The highest BCUT2D eigenvalue weighted by atomic mass is 16.1. The molecule has 0 saturated heterocycles. The first-order chi connectivity index (χ1) is 8.60. The highest BCUT2D eigenvalue weighted by molar-refractivity contribution is 5.75. The Labute approximate surface area is 115 Å². The fraction of sp³-hybridized carbons (Fsp3) is 0.933. The number of rotatable bonds is 7. The number of carbonyl (C=O) groups is 1. The molecule has 0 aromatic carbocycles. The van der Waals surface area contributed by atoms with E-state index in [4.69, 9.17) is 0 Å². The van der Waals surface area contributed by atoms with Crippen molar-refractivity contribution in [2.75, 3.05) is 20.1 Å². The molecule has 3 heteroatoms. The van der Waals surface area contributed by atoms with Crippen LogP contribution in [0.2, 0.25) is 0 Å². The highest BCUT2D eigenvalue weighted by Crippen LogP contribution is 1.95. The standard InChI is InChI=1S/C11H24N2O.2C2H6/c1-5-8-13(4)9-7-10(3)12-11(14)6-2;2*1-2/h10H,5-9H2,1-4H3,(H,12,14);2*1-2H3. The molecule has 0 bridgehead atoms. The summed E-state index contributed by atoms with van der Waals surface area (Å²) in [4.78, 5) is 13.4. The minimum atomic E-state index is 0.149.